The highest BCUT2D eigenvalue weighted by atomic mass is 16.5. The van der Waals surface area contributed by atoms with E-state index in [1.54, 1.807) is 0 Å². The number of hydrogen-bond donors (Lipinski definition) is 0. The minimum atomic E-state index is -1.01. The van der Waals surface area contributed by atoms with Crippen LogP contribution in [0.3, 0.4) is 0 Å². The summed E-state index contributed by atoms with van der Waals surface area (Å²) in [7, 11) is 2.57. The van der Waals surface area contributed by atoms with Crippen molar-refractivity contribution in [1.29, 1.82) is 0 Å². The van der Waals surface area contributed by atoms with E-state index in [9.17, 15) is 9.59 Å². The molecule has 0 fully saturated rings. The zero-order chi connectivity index (χ0) is 19.8. The molecule has 0 unspecified atom stereocenters. The Morgan fingerprint density at radius 3 is 2.07 bits per heavy atom. The van der Waals surface area contributed by atoms with Gasteiger partial charge in [-0.2, -0.15) is 0 Å². The molecule has 4 nitrogen and oxygen atoms in total. The summed E-state index contributed by atoms with van der Waals surface area (Å²) in [6.45, 7) is 4.03. The summed E-state index contributed by atoms with van der Waals surface area (Å²) in [5, 5.41) is 0. The first kappa shape index (κ1) is 20.4. The van der Waals surface area contributed by atoms with Gasteiger partial charge in [-0.05, 0) is 31.4 Å². The second-order valence-electron chi connectivity index (χ2n) is 6.65. The number of rotatable bonds is 7. The van der Waals surface area contributed by atoms with Crippen LogP contribution in [0.1, 0.15) is 22.3 Å². The quantitative estimate of drug-likeness (QED) is 0.546. The smallest absolute Gasteiger partial charge is 0.320 e. The van der Waals surface area contributed by atoms with Crippen LogP contribution in [0.25, 0.3) is 6.08 Å². The van der Waals surface area contributed by atoms with Crippen LogP contribution < -0.4 is 0 Å². The minimum absolute atomic E-state index is 0.382. The topological polar surface area (TPSA) is 52.6 Å². The summed E-state index contributed by atoms with van der Waals surface area (Å²) in [6.07, 6.45) is 4.36. The summed E-state index contributed by atoms with van der Waals surface area (Å²) >= 11 is 0. The van der Waals surface area contributed by atoms with Crippen LogP contribution in [-0.2, 0) is 25.5 Å². The van der Waals surface area contributed by atoms with Gasteiger partial charge < -0.3 is 9.47 Å². The lowest BCUT2D eigenvalue weighted by atomic mass is 9.85. The van der Waals surface area contributed by atoms with Crippen molar-refractivity contribution in [3.63, 3.8) is 0 Å². The summed E-state index contributed by atoms with van der Waals surface area (Å²) < 4.78 is 9.75. The largest absolute Gasteiger partial charge is 0.468 e. The molecular formula is C23H26O4. The molecule has 0 bridgehead atoms. The highest BCUT2D eigenvalue weighted by molar-refractivity contribution is 5.95. The summed E-state index contributed by atoms with van der Waals surface area (Å²) in [5.41, 5.74) is 4.33. The van der Waals surface area contributed by atoms with Crippen molar-refractivity contribution >= 4 is 18.0 Å². The molecule has 27 heavy (non-hydrogen) atoms. The van der Waals surface area contributed by atoms with E-state index in [1.807, 2.05) is 68.5 Å². The zero-order valence-electron chi connectivity index (χ0n) is 16.3. The predicted molar refractivity (Wildman–Crippen MR) is 106 cm³/mol. The van der Waals surface area contributed by atoms with E-state index in [1.165, 1.54) is 14.2 Å². The maximum atomic E-state index is 12.3. The SMILES string of the molecule is COC(=O)C(C(=O)OC)[C@@H](/C=C/c1cccc(C)c1)Cc1cccc(C)c1. The van der Waals surface area contributed by atoms with Gasteiger partial charge in [-0.15, -0.1) is 0 Å². The fraction of sp³-hybridized carbons (Fsp3) is 0.304. The Morgan fingerprint density at radius 2 is 1.52 bits per heavy atom. The maximum Gasteiger partial charge on any atom is 0.320 e. The standard InChI is InChI=1S/C23H26O4/c1-16-7-5-9-18(13-16)11-12-20(15-19-10-6-8-17(2)14-19)21(22(24)26-3)23(25)27-4/h5-14,20-21H,15H2,1-4H3/b12-11+/t20-/m0/s1. The van der Waals surface area contributed by atoms with Crippen molar-refractivity contribution in [3.8, 4) is 0 Å². The lowest BCUT2D eigenvalue weighted by Crippen LogP contribution is -2.33. The molecule has 0 amide bonds. The number of benzene rings is 2. The number of carbonyl (C=O) groups is 2. The third kappa shape index (κ3) is 5.81. The molecule has 0 aromatic heterocycles. The number of allylic oxidation sites excluding steroid dienone is 1. The molecule has 2 aromatic carbocycles. The average Bonchev–Trinajstić information content (AvgIpc) is 2.65. The molecule has 1 atom stereocenters. The number of methoxy groups -OCH3 is 2. The van der Waals surface area contributed by atoms with E-state index in [2.05, 4.69) is 6.07 Å². The van der Waals surface area contributed by atoms with Crippen molar-refractivity contribution in [2.24, 2.45) is 11.8 Å². The molecule has 0 heterocycles. The molecular weight excluding hydrogens is 340 g/mol. The van der Waals surface area contributed by atoms with E-state index < -0.39 is 17.9 Å². The number of esters is 2. The van der Waals surface area contributed by atoms with Gasteiger partial charge in [0.15, 0.2) is 5.92 Å². The lowest BCUT2D eigenvalue weighted by Gasteiger charge is -2.21. The van der Waals surface area contributed by atoms with Crippen LogP contribution in [0.2, 0.25) is 0 Å². The van der Waals surface area contributed by atoms with Gasteiger partial charge in [-0.25, -0.2) is 0 Å². The monoisotopic (exact) mass is 366 g/mol. The molecule has 0 saturated heterocycles. The van der Waals surface area contributed by atoms with Crippen LogP contribution >= 0.6 is 0 Å². The normalized spacial score (nSPS) is 12.2. The number of ether oxygens (including phenoxy) is 2. The van der Waals surface area contributed by atoms with Crippen LogP contribution in [0.5, 0.6) is 0 Å². The van der Waals surface area contributed by atoms with Crippen LogP contribution in [0, 0.1) is 25.7 Å². The first-order chi connectivity index (χ1) is 12.9. The van der Waals surface area contributed by atoms with Gasteiger partial charge in [-0.3, -0.25) is 9.59 Å². The fourth-order valence-electron chi connectivity index (χ4n) is 3.12. The van der Waals surface area contributed by atoms with Crippen molar-refractivity contribution in [2.45, 2.75) is 20.3 Å². The third-order valence-corrected chi connectivity index (χ3v) is 4.47. The van der Waals surface area contributed by atoms with Gasteiger partial charge in [-0.1, -0.05) is 71.8 Å². The third-order valence-electron chi connectivity index (χ3n) is 4.47. The van der Waals surface area contributed by atoms with Crippen molar-refractivity contribution in [1.82, 2.24) is 0 Å². The van der Waals surface area contributed by atoms with E-state index in [0.29, 0.717) is 6.42 Å². The Hall–Kier alpha value is -2.88. The molecule has 2 rings (SSSR count). The number of aryl methyl sites for hydroxylation is 2. The van der Waals surface area contributed by atoms with Crippen LogP contribution in [-0.4, -0.2) is 26.2 Å². The first-order valence-electron chi connectivity index (χ1n) is 8.90. The molecule has 0 radical (unpaired) electrons. The van der Waals surface area contributed by atoms with Gasteiger partial charge in [0.25, 0.3) is 0 Å². The highest BCUT2D eigenvalue weighted by Gasteiger charge is 2.35. The van der Waals surface area contributed by atoms with E-state index in [4.69, 9.17) is 9.47 Å². The number of carbonyl (C=O) groups excluding carboxylic acids is 2. The molecule has 0 aliphatic carbocycles. The van der Waals surface area contributed by atoms with Crippen molar-refractivity contribution < 1.29 is 19.1 Å². The second-order valence-corrected chi connectivity index (χ2v) is 6.65. The summed E-state index contributed by atoms with van der Waals surface area (Å²) in [6, 6.07) is 16.1. The molecule has 0 aliphatic heterocycles. The Labute approximate surface area is 160 Å². The van der Waals surface area contributed by atoms with E-state index in [-0.39, 0.29) is 5.92 Å². The van der Waals surface area contributed by atoms with E-state index in [0.717, 1.165) is 22.3 Å². The first-order valence-corrected chi connectivity index (χ1v) is 8.90. The molecule has 142 valence electrons. The van der Waals surface area contributed by atoms with Crippen LogP contribution in [0.15, 0.2) is 54.6 Å². The highest BCUT2D eigenvalue weighted by Crippen LogP contribution is 2.24. The summed E-state index contributed by atoms with van der Waals surface area (Å²) in [4.78, 5) is 24.6. The lowest BCUT2D eigenvalue weighted by molar-refractivity contribution is -0.160. The molecule has 0 aliphatic rings. The molecule has 4 heteroatoms. The fourth-order valence-corrected chi connectivity index (χ4v) is 3.12. The van der Waals surface area contributed by atoms with Crippen LogP contribution in [0.4, 0.5) is 0 Å². The Balaban J connectivity index is 2.39. The van der Waals surface area contributed by atoms with Gasteiger partial charge in [0.1, 0.15) is 0 Å². The van der Waals surface area contributed by atoms with E-state index >= 15 is 0 Å². The number of hydrogen-bond acceptors (Lipinski definition) is 4. The van der Waals surface area contributed by atoms with Crippen molar-refractivity contribution in [3.05, 3.63) is 76.9 Å². The minimum Gasteiger partial charge on any atom is -0.468 e. The molecule has 0 saturated carbocycles. The molecule has 2 aromatic rings. The Kier molecular flexibility index (Phi) is 7.35. The van der Waals surface area contributed by atoms with Gasteiger partial charge >= 0.3 is 11.9 Å². The molecule has 0 spiro atoms. The van der Waals surface area contributed by atoms with Gasteiger partial charge in [0.05, 0.1) is 14.2 Å². The average molecular weight is 366 g/mol. The zero-order valence-corrected chi connectivity index (χ0v) is 16.3. The Bertz CT molecular complexity index is 807. The maximum absolute atomic E-state index is 12.3. The van der Waals surface area contributed by atoms with Crippen molar-refractivity contribution in [2.75, 3.05) is 14.2 Å². The predicted octanol–water partition coefficient (Wildman–Crippen LogP) is 4.14. The van der Waals surface area contributed by atoms with Gasteiger partial charge in [0, 0.05) is 5.92 Å². The van der Waals surface area contributed by atoms with Gasteiger partial charge in [0.2, 0.25) is 0 Å². The summed E-state index contributed by atoms with van der Waals surface area (Å²) in [5.74, 6) is -2.57. The second kappa shape index (κ2) is 9.72. The Morgan fingerprint density at radius 1 is 0.926 bits per heavy atom. The molecule has 0 N–H and O–H groups in total.